The van der Waals surface area contributed by atoms with Crippen LogP contribution in [0.3, 0.4) is 0 Å². The fraction of sp³-hybridized carbons (Fsp3) is 0.143. The van der Waals surface area contributed by atoms with Crippen LogP contribution in [0.5, 0.6) is 0 Å². The number of aromatic nitrogens is 6. The van der Waals surface area contributed by atoms with Crippen LogP contribution in [0, 0.1) is 18.8 Å². The van der Waals surface area contributed by atoms with Crippen LogP contribution < -0.4 is 10.9 Å². The van der Waals surface area contributed by atoms with E-state index in [2.05, 4.69) is 32.2 Å². The molecule has 9 nitrogen and oxygen atoms in total. The molecule has 182 valence electrons. The molecule has 0 spiro atoms. The Hall–Kier alpha value is -5.10. The summed E-state index contributed by atoms with van der Waals surface area (Å²) in [4.78, 5) is 40.1. The van der Waals surface area contributed by atoms with E-state index in [1.807, 2.05) is 37.4 Å². The molecule has 5 aromatic rings. The lowest BCUT2D eigenvalue weighted by atomic mass is 10.0. The van der Waals surface area contributed by atoms with Gasteiger partial charge in [-0.15, -0.1) is 0 Å². The first-order valence-corrected chi connectivity index (χ1v) is 11.6. The summed E-state index contributed by atoms with van der Waals surface area (Å²) in [5.41, 5.74) is 3.64. The number of nitrogens with one attached hydrogen (secondary N) is 1. The maximum Gasteiger partial charge on any atom is 0.272 e. The number of nitrogens with zero attached hydrogens (tertiary/aromatic N) is 6. The minimum Gasteiger partial charge on any atom is -0.343 e. The first-order chi connectivity index (χ1) is 17.9. The fourth-order valence-corrected chi connectivity index (χ4v) is 4.07. The highest BCUT2D eigenvalue weighted by Crippen LogP contribution is 2.25. The van der Waals surface area contributed by atoms with Crippen molar-refractivity contribution in [2.45, 2.75) is 19.9 Å². The first-order valence-electron chi connectivity index (χ1n) is 11.6. The van der Waals surface area contributed by atoms with Gasteiger partial charge in [0.15, 0.2) is 0 Å². The van der Waals surface area contributed by atoms with Crippen LogP contribution in [0.15, 0.2) is 78.1 Å². The molecule has 0 saturated carbocycles. The first kappa shape index (κ1) is 23.6. The van der Waals surface area contributed by atoms with E-state index in [-0.39, 0.29) is 11.3 Å². The third kappa shape index (κ3) is 4.73. The topological polar surface area (TPSA) is 107 Å². The highest BCUT2D eigenvalue weighted by molar-refractivity contribution is 5.93. The van der Waals surface area contributed by atoms with Crippen LogP contribution in [0.4, 0.5) is 0 Å². The van der Waals surface area contributed by atoms with Gasteiger partial charge in [-0.25, -0.2) is 9.97 Å². The van der Waals surface area contributed by atoms with Crippen LogP contribution in [0.25, 0.3) is 16.8 Å². The van der Waals surface area contributed by atoms with E-state index >= 15 is 0 Å². The maximum atomic E-state index is 14.0. The molecule has 0 unspecified atom stereocenters. The number of carbonyl (C=O) groups excluding carboxylic acids is 1. The summed E-state index contributed by atoms with van der Waals surface area (Å²) in [6, 6.07) is 14.0. The highest BCUT2D eigenvalue weighted by atomic mass is 16.2. The molecular weight excluding hydrogens is 466 g/mol. The summed E-state index contributed by atoms with van der Waals surface area (Å²) in [5, 5.41) is 7.06. The number of pyridine rings is 1. The van der Waals surface area contributed by atoms with Gasteiger partial charge in [0.05, 0.1) is 34.8 Å². The maximum absolute atomic E-state index is 14.0. The molecular formula is C28H23N7O2. The number of hydrogen-bond donors (Lipinski definition) is 1. The molecule has 0 aliphatic heterocycles. The molecule has 4 heterocycles. The van der Waals surface area contributed by atoms with Crippen molar-refractivity contribution in [2.24, 2.45) is 7.05 Å². The quantitative estimate of drug-likeness (QED) is 0.389. The third-order valence-corrected chi connectivity index (χ3v) is 5.83. The molecule has 0 bridgehead atoms. The molecule has 1 atom stereocenters. The number of aryl methyl sites for hydroxylation is 2. The predicted molar refractivity (Wildman–Crippen MR) is 139 cm³/mol. The number of fused-ring (bicyclic) bond motifs is 1. The van der Waals surface area contributed by atoms with Gasteiger partial charge in [-0.1, -0.05) is 42.3 Å². The van der Waals surface area contributed by atoms with Crippen molar-refractivity contribution in [3.05, 3.63) is 112 Å². The van der Waals surface area contributed by atoms with Crippen molar-refractivity contribution in [3.8, 4) is 23.0 Å². The lowest BCUT2D eigenvalue weighted by Crippen LogP contribution is -2.31. The second-order valence-corrected chi connectivity index (χ2v) is 8.49. The smallest absolute Gasteiger partial charge is 0.272 e. The Morgan fingerprint density at radius 3 is 2.54 bits per heavy atom. The van der Waals surface area contributed by atoms with Gasteiger partial charge in [0.2, 0.25) is 0 Å². The number of carbonyl (C=O) groups is 1. The Bertz CT molecular complexity index is 1740. The van der Waals surface area contributed by atoms with Crippen LogP contribution >= 0.6 is 0 Å². The average Bonchev–Trinajstić information content (AvgIpc) is 3.32. The number of benzene rings is 1. The third-order valence-electron chi connectivity index (χ3n) is 5.83. The standard InChI is InChI=1S/C28H23N7O2/c1-18-26(30-15-14-29-18)27(36)32-19(2)25-24(21-8-5-4-6-9-21)28(37)35-22(10-7-11-23(35)33-25)13-12-20-16-31-34(3)17-20/h4-11,14-17,19H,1-3H3,(H,32,36)/t19-/m0/s1. The van der Waals surface area contributed by atoms with E-state index in [1.165, 1.54) is 16.8 Å². The SMILES string of the molecule is Cc1nccnc1C(=O)N[C@@H](C)c1nc2cccc(C#Cc3cnn(C)c3)n2c(=O)c1-c1ccccc1. The molecule has 0 aliphatic rings. The van der Waals surface area contributed by atoms with Crippen molar-refractivity contribution >= 4 is 11.6 Å². The Morgan fingerprint density at radius 2 is 1.81 bits per heavy atom. The molecule has 5 rings (SSSR count). The summed E-state index contributed by atoms with van der Waals surface area (Å²) in [6.45, 7) is 3.51. The van der Waals surface area contributed by atoms with Gasteiger partial charge >= 0.3 is 0 Å². The monoisotopic (exact) mass is 489 g/mol. The van der Waals surface area contributed by atoms with Crippen LogP contribution in [0.1, 0.15) is 46.1 Å². The second-order valence-electron chi connectivity index (χ2n) is 8.49. The second kappa shape index (κ2) is 9.87. The molecule has 0 aliphatic carbocycles. The Morgan fingerprint density at radius 1 is 1.03 bits per heavy atom. The molecule has 9 heteroatoms. The zero-order valence-corrected chi connectivity index (χ0v) is 20.5. The zero-order valence-electron chi connectivity index (χ0n) is 20.5. The van der Waals surface area contributed by atoms with Crippen LogP contribution in [0.2, 0.25) is 0 Å². The van der Waals surface area contributed by atoms with Gasteiger partial charge in [-0.05, 0) is 37.5 Å². The largest absolute Gasteiger partial charge is 0.343 e. The lowest BCUT2D eigenvalue weighted by molar-refractivity contribution is 0.0933. The van der Waals surface area contributed by atoms with Gasteiger partial charge in [0, 0.05) is 25.6 Å². The molecule has 1 N–H and O–H groups in total. The average molecular weight is 490 g/mol. The van der Waals surface area contributed by atoms with Gasteiger partial charge in [-0.2, -0.15) is 5.10 Å². The van der Waals surface area contributed by atoms with E-state index < -0.39 is 11.9 Å². The molecule has 4 aromatic heterocycles. The molecule has 1 amide bonds. The Balaban J connectivity index is 1.65. The van der Waals surface area contributed by atoms with Gasteiger partial charge in [0.1, 0.15) is 17.0 Å². The minimum absolute atomic E-state index is 0.223. The minimum atomic E-state index is -0.591. The fourth-order valence-electron chi connectivity index (χ4n) is 4.07. The van der Waals surface area contributed by atoms with Gasteiger partial charge in [-0.3, -0.25) is 23.7 Å². The van der Waals surface area contributed by atoms with Crippen molar-refractivity contribution in [3.63, 3.8) is 0 Å². The van der Waals surface area contributed by atoms with Gasteiger partial charge < -0.3 is 5.32 Å². The predicted octanol–water partition coefficient (Wildman–Crippen LogP) is 3.08. The molecule has 37 heavy (non-hydrogen) atoms. The van der Waals surface area contributed by atoms with Crippen LogP contribution in [-0.2, 0) is 7.05 Å². The van der Waals surface area contributed by atoms with Crippen LogP contribution in [-0.4, -0.2) is 35.0 Å². The molecule has 0 saturated heterocycles. The molecule has 1 aromatic carbocycles. The van der Waals surface area contributed by atoms with E-state index in [1.54, 1.807) is 49.1 Å². The molecule has 0 radical (unpaired) electrons. The Kier molecular flexibility index (Phi) is 6.31. The van der Waals surface area contributed by atoms with E-state index in [9.17, 15) is 9.59 Å². The summed E-state index contributed by atoms with van der Waals surface area (Å²) < 4.78 is 3.16. The summed E-state index contributed by atoms with van der Waals surface area (Å²) in [7, 11) is 1.82. The van der Waals surface area contributed by atoms with Crippen molar-refractivity contribution < 1.29 is 4.79 Å². The summed E-state index contributed by atoms with van der Waals surface area (Å²) in [5.74, 6) is 5.74. The number of hydrogen-bond acceptors (Lipinski definition) is 6. The highest BCUT2D eigenvalue weighted by Gasteiger charge is 2.23. The number of amides is 1. The molecule has 0 fully saturated rings. The van der Waals surface area contributed by atoms with E-state index in [0.717, 1.165) is 5.56 Å². The van der Waals surface area contributed by atoms with E-state index in [0.29, 0.717) is 33.9 Å². The summed E-state index contributed by atoms with van der Waals surface area (Å²) in [6.07, 6.45) is 6.46. The van der Waals surface area contributed by atoms with Crippen molar-refractivity contribution in [2.75, 3.05) is 0 Å². The number of rotatable bonds is 4. The normalized spacial score (nSPS) is 11.5. The van der Waals surface area contributed by atoms with E-state index in [4.69, 9.17) is 4.98 Å². The lowest BCUT2D eigenvalue weighted by Gasteiger charge is -2.18. The Labute approximate surface area is 212 Å². The van der Waals surface area contributed by atoms with Crippen molar-refractivity contribution in [1.29, 1.82) is 0 Å². The van der Waals surface area contributed by atoms with Gasteiger partial charge in [0.25, 0.3) is 11.5 Å². The van der Waals surface area contributed by atoms with Crippen molar-refractivity contribution in [1.82, 2.24) is 34.4 Å². The zero-order chi connectivity index (χ0) is 25.9. The summed E-state index contributed by atoms with van der Waals surface area (Å²) >= 11 is 0.